The van der Waals surface area contributed by atoms with Gasteiger partial charge in [0.2, 0.25) is 0 Å². The van der Waals surface area contributed by atoms with E-state index in [-0.39, 0.29) is 0 Å². The molecule has 2 aromatic carbocycles. The molecule has 1 heteroatoms. The van der Waals surface area contributed by atoms with E-state index >= 15 is 0 Å². The third-order valence-electron chi connectivity index (χ3n) is 2.99. The summed E-state index contributed by atoms with van der Waals surface area (Å²) in [5, 5.41) is 10.1. The van der Waals surface area contributed by atoms with E-state index in [9.17, 15) is 5.11 Å². The zero-order valence-electron chi connectivity index (χ0n) is 10.9. The average molecular weight is 250 g/mol. The van der Waals surface area contributed by atoms with Crippen molar-refractivity contribution in [3.8, 4) is 0 Å². The Kier molecular flexibility index (Phi) is 4.71. The van der Waals surface area contributed by atoms with Gasteiger partial charge in [-0.25, -0.2) is 0 Å². The first kappa shape index (κ1) is 13.3. The van der Waals surface area contributed by atoms with Crippen LogP contribution in [0.15, 0.2) is 78.9 Å². The Morgan fingerprint density at radius 1 is 1.00 bits per heavy atom. The number of benzene rings is 2. The van der Waals surface area contributed by atoms with Crippen molar-refractivity contribution in [2.45, 2.75) is 12.5 Å². The molecule has 0 fully saturated rings. The van der Waals surface area contributed by atoms with Gasteiger partial charge in [0.15, 0.2) is 0 Å². The van der Waals surface area contributed by atoms with Gasteiger partial charge in [-0.05, 0) is 16.7 Å². The lowest BCUT2D eigenvalue weighted by atomic mass is 10.0. The summed E-state index contributed by atoms with van der Waals surface area (Å²) in [6.07, 6.45) is 3.90. The van der Waals surface area contributed by atoms with Crippen LogP contribution in [0.5, 0.6) is 0 Å². The minimum absolute atomic E-state index is 0.539. The Balaban J connectivity index is 1.95. The van der Waals surface area contributed by atoms with Gasteiger partial charge in [-0.1, -0.05) is 79.4 Å². The molecule has 0 bridgehead atoms. The van der Waals surface area contributed by atoms with E-state index in [1.807, 2.05) is 72.8 Å². The van der Waals surface area contributed by atoms with Crippen LogP contribution in [0, 0.1) is 0 Å². The molecule has 0 radical (unpaired) electrons. The molecule has 0 amide bonds. The maximum Gasteiger partial charge on any atom is 0.0824 e. The van der Waals surface area contributed by atoms with Crippen molar-refractivity contribution in [1.29, 1.82) is 0 Å². The van der Waals surface area contributed by atoms with E-state index < -0.39 is 6.10 Å². The highest BCUT2D eigenvalue weighted by Gasteiger charge is 2.06. The van der Waals surface area contributed by atoms with Crippen molar-refractivity contribution >= 4 is 6.08 Å². The van der Waals surface area contributed by atoms with Gasteiger partial charge in [-0.3, -0.25) is 0 Å². The molecule has 1 nitrogen and oxygen atoms in total. The molecule has 0 aliphatic carbocycles. The third-order valence-corrected chi connectivity index (χ3v) is 2.99. The molecule has 1 N–H and O–H groups in total. The van der Waals surface area contributed by atoms with Gasteiger partial charge in [0, 0.05) is 6.42 Å². The molecule has 0 saturated carbocycles. The smallest absolute Gasteiger partial charge is 0.0824 e. The fourth-order valence-corrected chi connectivity index (χ4v) is 1.85. The average Bonchev–Trinajstić information content (AvgIpc) is 2.47. The Morgan fingerprint density at radius 2 is 1.58 bits per heavy atom. The summed E-state index contributed by atoms with van der Waals surface area (Å²) in [6.45, 7) is 3.93. The van der Waals surface area contributed by atoms with E-state index in [1.54, 1.807) is 0 Å². The molecule has 0 saturated heterocycles. The lowest BCUT2D eigenvalue weighted by Gasteiger charge is -2.10. The number of hydrogen-bond acceptors (Lipinski definition) is 1. The summed E-state index contributed by atoms with van der Waals surface area (Å²) in [5.74, 6) is 0. The maximum atomic E-state index is 10.1. The van der Waals surface area contributed by atoms with Crippen LogP contribution in [0.25, 0.3) is 6.08 Å². The van der Waals surface area contributed by atoms with Gasteiger partial charge in [-0.2, -0.15) is 0 Å². The second kappa shape index (κ2) is 6.72. The predicted molar refractivity (Wildman–Crippen MR) is 80.8 cm³/mol. The maximum absolute atomic E-state index is 10.1. The van der Waals surface area contributed by atoms with E-state index in [2.05, 4.69) is 6.58 Å². The molecule has 0 aliphatic heterocycles. The SMILES string of the molecule is C=C(/C=C/c1ccccc1)C(O)Cc1ccccc1. The van der Waals surface area contributed by atoms with Crippen molar-refractivity contribution in [3.05, 3.63) is 90.0 Å². The lowest BCUT2D eigenvalue weighted by molar-refractivity contribution is 0.215. The van der Waals surface area contributed by atoms with E-state index in [1.165, 1.54) is 0 Å². The highest BCUT2D eigenvalue weighted by atomic mass is 16.3. The zero-order chi connectivity index (χ0) is 13.5. The summed E-state index contributed by atoms with van der Waals surface area (Å²) >= 11 is 0. The molecule has 1 atom stereocenters. The Hall–Kier alpha value is -2.12. The van der Waals surface area contributed by atoms with Gasteiger partial charge in [0.05, 0.1) is 6.10 Å². The van der Waals surface area contributed by atoms with Crippen LogP contribution in [0.1, 0.15) is 11.1 Å². The fourth-order valence-electron chi connectivity index (χ4n) is 1.85. The van der Waals surface area contributed by atoms with Gasteiger partial charge in [0.25, 0.3) is 0 Å². The van der Waals surface area contributed by atoms with Crippen LogP contribution in [0.3, 0.4) is 0 Å². The summed E-state index contributed by atoms with van der Waals surface area (Å²) in [7, 11) is 0. The van der Waals surface area contributed by atoms with E-state index in [0.717, 1.165) is 16.7 Å². The largest absolute Gasteiger partial charge is 0.388 e. The van der Waals surface area contributed by atoms with E-state index in [4.69, 9.17) is 0 Å². The Labute approximate surface area is 114 Å². The molecule has 0 heterocycles. The minimum atomic E-state index is -0.539. The van der Waals surface area contributed by atoms with Gasteiger partial charge < -0.3 is 5.11 Å². The molecule has 1 unspecified atom stereocenters. The summed E-state index contributed by atoms with van der Waals surface area (Å²) in [6, 6.07) is 20.0. The molecule has 0 aliphatic rings. The van der Waals surface area contributed by atoms with Crippen LogP contribution in [-0.4, -0.2) is 11.2 Å². The van der Waals surface area contributed by atoms with Crippen molar-refractivity contribution in [1.82, 2.24) is 0 Å². The van der Waals surface area contributed by atoms with Crippen LogP contribution in [0.4, 0.5) is 0 Å². The van der Waals surface area contributed by atoms with Crippen LogP contribution in [0.2, 0.25) is 0 Å². The molecule has 2 aromatic rings. The quantitative estimate of drug-likeness (QED) is 0.799. The second-order valence-corrected chi connectivity index (χ2v) is 4.52. The summed E-state index contributed by atoms with van der Waals surface area (Å²) in [4.78, 5) is 0. The van der Waals surface area contributed by atoms with Crippen LogP contribution in [-0.2, 0) is 6.42 Å². The second-order valence-electron chi connectivity index (χ2n) is 4.52. The highest BCUT2D eigenvalue weighted by Crippen LogP contribution is 2.11. The van der Waals surface area contributed by atoms with Crippen LogP contribution >= 0.6 is 0 Å². The normalized spacial score (nSPS) is 12.5. The van der Waals surface area contributed by atoms with Gasteiger partial charge in [-0.15, -0.1) is 0 Å². The van der Waals surface area contributed by atoms with Crippen molar-refractivity contribution in [3.63, 3.8) is 0 Å². The minimum Gasteiger partial charge on any atom is -0.388 e. The topological polar surface area (TPSA) is 20.2 Å². The number of aliphatic hydroxyl groups excluding tert-OH is 1. The Morgan fingerprint density at radius 3 is 2.21 bits per heavy atom. The fraction of sp³-hybridized carbons (Fsp3) is 0.111. The zero-order valence-corrected chi connectivity index (χ0v) is 10.9. The first-order chi connectivity index (χ1) is 9.25. The molecular formula is C18H18O. The van der Waals surface area contributed by atoms with Gasteiger partial charge in [0.1, 0.15) is 0 Å². The van der Waals surface area contributed by atoms with Crippen molar-refractivity contribution in [2.24, 2.45) is 0 Å². The first-order valence-electron chi connectivity index (χ1n) is 6.39. The molecule has 0 aromatic heterocycles. The van der Waals surface area contributed by atoms with Crippen LogP contribution < -0.4 is 0 Å². The molecule has 2 rings (SSSR count). The third kappa shape index (κ3) is 4.23. The van der Waals surface area contributed by atoms with E-state index in [0.29, 0.717) is 6.42 Å². The first-order valence-corrected chi connectivity index (χ1v) is 6.39. The van der Waals surface area contributed by atoms with Gasteiger partial charge >= 0.3 is 0 Å². The standard InChI is InChI=1S/C18H18O/c1-15(12-13-16-8-4-2-5-9-16)18(19)14-17-10-6-3-7-11-17/h2-13,18-19H,1,14H2/b13-12+. The number of aliphatic hydroxyl groups is 1. The number of rotatable bonds is 5. The lowest BCUT2D eigenvalue weighted by Crippen LogP contribution is -2.11. The predicted octanol–water partition coefficient (Wildman–Crippen LogP) is 3.86. The Bertz CT molecular complexity index is 540. The number of hydrogen-bond donors (Lipinski definition) is 1. The molecule has 0 spiro atoms. The molecule has 19 heavy (non-hydrogen) atoms. The monoisotopic (exact) mass is 250 g/mol. The van der Waals surface area contributed by atoms with Crippen molar-refractivity contribution < 1.29 is 5.11 Å². The van der Waals surface area contributed by atoms with Crippen molar-refractivity contribution in [2.75, 3.05) is 0 Å². The molecular weight excluding hydrogens is 232 g/mol. The molecule has 96 valence electrons. The summed E-state index contributed by atoms with van der Waals surface area (Å²) in [5.41, 5.74) is 2.95. The highest BCUT2D eigenvalue weighted by molar-refractivity contribution is 5.52. The summed E-state index contributed by atoms with van der Waals surface area (Å²) < 4.78 is 0.